The molecular weight excluding hydrogens is 266 g/mol. The molecule has 2 atom stereocenters. The van der Waals surface area contributed by atoms with E-state index in [2.05, 4.69) is 35.8 Å². The van der Waals surface area contributed by atoms with Crippen LogP contribution in [0.4, 0.5) is 0 Å². The minimum Gasteiger partial charge on any atom is -0.347 e. The van der Waals surface area contributed by atoms with E-state index in [9.17, 15) is 0 Å². The lowest BCUT2D eigenvalue weighted by molar-refractivity contribution is 0.158. The van der Waals surface area contributed by atoms with Crippen LogP contribution in [0.5, 0.6) is 0 Å². The van der Waals surface area contributed by atoms with Crippen LogP contribution in [0, 0.1) is 10.6 Å². The smallest absolute Gasteiger partial charge is 0.129 e. The van der Waals surface area contributed by atoms with Crippen molar-refractivity contribution in [2.24, 2.45) is 5.92 Å². The topological polar surface area (TPSA) is 31.9 Å². The molecule has 0 radical (unpaired) electrons. The third-order valence-electron chi connectivity index (χ3n) is 4.93. The van der Waals surface area contributed by atoms with E-state index in [1.807, 2.05) is 6.07 Å². The van der Waals surface area contributed by atoms with Crippen LogP contribution in [0.3, 0.4) is 0 Å². The number of nitrogens with zero attached hydrogens (tertiary/aromatic N) is 2. The summed E-state index contributed by atoms with van der Waals surface area (Å²) in [5, 5.41) is 0. The van der Waals surface area contributed by atoms with Gasteiger partial charge in [-0.25, -0.2) is 4.98 Å². The van der Waals surface area contributed by atoms with Crippen LogP contribution in [0.25, 0.3) is 0 Å². The number of fused-ring (bicyclic) bond motifs is 2. The molecule has 110 valence electrons. The molecule has 2 fully saturated rings. The number of aromatic nitrogens is 2. The van der Waals surface area contributed by atoms with Gasteiger partial charge in [0.1, 0.15) is 10.5 Å². The van der Waals surface area contributed by atoms with Gasteiger partial charge in [-0.2, -0.15) is 0 Å². The Morgan fingerprint density at radius 1 is 1.35 bits per heavy atom. The van der Waals surface area contributed by atoms with Gasteiger partial charge in [-0.3, -0.25) is 0 Å². The normalized spacial score (nSPS) is 30.1. The van der Waals surface area contributed by atoms with Gasteiger partial charge in [0.05, 0.1) is 0 Å². The maximum atomic E-state index is 5.37. The Kier molecular flexibility index (Phi) is 3.95. The summed E-state index contributed by atoms with van der Waals surface area (Å²) < 4.78 is 0.751. The van der Waals surface area contributed by atoms with Crippen LogP contribution in [0.1, 0.15) is 57.0 Å². The van der Waals surface area contributed by atoms with Crippen molar-refractivity contribution in [3.63, 3.8) is 0 Å². The van der Waals surface area contributed by atoms with Crippen LogP contribution < -0.4 is 0 Å². The van der Waals surface area contributed by atoms with Crippen LogP contribution in [-0.4, -0.2) is 34.0 Å². The molecule has 1 N–H and O–H groups in total. The zero-order valence-corrected chi connectivity index (χ0v) is 13.5. The summed E-state index contributed by atoms with van der Waals surface area (Å²) in [7, 11) is 2.28. The molecule has 3 heterocycles. The van der Waals surface area contributed by atoms with Gasteiger partial charge in [0.2, 0.25) is 0 Å². The Hall–Kier alpha value is -0.740. The number of hydrogen-bond acceptors (Lipinski definition) is 3. The number of hydrogen-bond donors (Lipinski definition) is 1. The number of nitrogens with one attached hydrogen (secondary N) is 1. The fraction of sp³-hybridized carbons (Fsp3) is 0.750. The molecule has 2 saturated heterocycles. The zero-order chi connectivity index (χ0) is 14.3. The third-order valence-corrected chi connectivity index (χ3v) is 5.14. The van der Waals surface area contributed by atoms with Crippen molar-refractivity contribution >= 4 is 12.2 Å². The molecule has 2 bridgehead atoms. The molecule has 2 unspecified atom stereocenters. The molecule has 0 saturated carbocycles. The van der Waals surface area contributed by atoms with Gasteiger partial charge in [0.15, 0.2) is 0 Å². The van der Waals surface area contributed by atoms with E-state index < -0.39 is 0 Å². The quantitative estimate of drug-likeness (QED) is 0.862. The molecule has 2 aliphatic heterocycles. The summed E-state index contributed by atoms with van der Waals surface area (Å²) in [5.41, 5.74) is 1.25. The first-order valence-electron chi connectivity index (χ1n) is 7.85. The van der Waals surface area contributed by atoms with Gasteiger partial charge < -0.3 is 9.88 Å². The van der Waals surface area contributed by atoms with E-state index >= 15 is 0 Å². The van der Waals surface area contributed by atoms with Gasteiger partial charge in [-0.1, -0.05) is 26.1 Å². The molecule has 0 spiro atoms. The predicted molar refractivity (Wildman–Crippen MR) is 84.5 cm³/mol. The van der Waals surface area contributed by atoms with E-state index in [1.54, 1.807) is 0 Å². The summed E-state index contributed by atoms with van der Waals surface area (Å²) >= 11 is 5.37. The van der Waals surface area contributed by atoms with Crippen molar-refractivity contribution in [1.29, 1.82) is 0 Å². The molecule has 1 aromatic rings. The fourth-order valence-corrected chi connectivity index (χ4v) is 4.15. The molecule has 1 aromatic heterocycles. The Labute approximate surface area is 126 Å². The predicted octanol–water partition coefficient (Wildman–Crippen LogP) is 3.68. The maximum absolute atomic E-state index is 5.37. The lowest BCUT2D eigenvalue weighted by Gasteiger charge is -2.35. The fourth-order valence-electron chi connectivity index (χ4n) is 3.91. The summed E-state index contributed by atoms with van der Waals surface area (Å²) in [6.07, 6.45) is 6.22. The highest BCUT2D eigenvalue weighted by molar-refractivity contribution is 7.71. The van der Waals surface area contributed by atoms with Crippen LogP contribution >= 0.6 is 12.2 Å². The van der Waals surface area contributed by atoms with Crippen LogP contribution in [0.15, 0.2) is 6.07 Å². The Morgan fingerprint density at radius 3 is 2.60 bits per heavy atom. The van der Waals surface area contributed by atoms with Crippen molar-refractivity contribution < 1.29 is 0 Å². The minimum atomic E-state index is 0.567. The highest BCUT2D eigenvalue weighted by Gasteiger charge is 2.39. The number of aromatic amines is 1. The summed E-state index contributed by atoms with van der Waals surface area (Å²) in [5.74, 6) is 2.35. The summed E-state index contributed by atoms with van der Waals surface area (Å²) in [6, 6.07) is 3.52. The first-order valence-corrected chi connectivity index (χ1v) is 8.26. The van der Waals surface area contributed by atoms with E-state index in [-0.39, 0.29) is 0 Å². The third kappa shape index (κ3) is 2.82. The van der Waals surface area contributed by atoms with Crippen molar-refractivity contribution in [1.82, 2.24) is 14.9 Å². The second-order valence-electron chi connectivity index (χ2n) is 6.95. The second kappa shape index (κ2) is 5.57. The summed E-state index contributed by atoms with van der Waals surface area (Å²) in [4.78, 5) is 10.8. The standard InChI is InChI=1S/C16H25N3S/c1-10(2)6-12-9-15(20)18-16(17-12)11-7-13-4-5-14(8-11)19(13)3/h9-11,13-14H,4-8H2,1-3H3,(H,17,18,20). The molecule has 4 heteroatoms. The average molecular weight is 291 g/mol. The molecule has 2 aliphatic rings. The zero-order valence-electron chi connectivity index (χ0n) is 12.7. The molecule has 3 rings (SSSR count). The largest absolute Gasteiger partial charge is 0.347 e. The molecule has 0 aliphatic carbocycles. The van der Waals surface area contributed by atoms with Crippen molar-refractivity contribution in [2.75, 3.05) is 7.05 Å². The second-order valence-corrected chi connectivity index (χ2v) is 7.36. The van der Waals surface area contributed by atoms with Gasteiger partial charge >= 0.3 is 0 Å². The first-order chi connectivity index (χ1) is 9.52. The monoisotopic (exact) mass is 291 g/mol. The molecule has 0 amide bonds. The molecule has 20 heavy (non-hydrogen) atoms. The average Bonchev–Trinajstić information content (AvgIpc) is 2.61. The Bertz CT molecular complexity index is 523. The van der Waals surface area contributed by atoms with Gasteiger partial charge in [0, 0.05) is 23.7 Å². The highest BCUT2D eigenvalue weighted by Crippen LogP contribution is 2.41. The van der Waals surface area contributed by atoms with E-state index in [0.29, 0.717) is 11.8 Å². The SMILES string of the molecule is CC(C)Cc1cc(=S)nc(C2CC3CCC(C2)N3C)[nH]1. The lowest BCUT2D eigenvalue weighted by Crippen LogP contribution is -2.39. The van der Waals surface area contributed by atoms with Gasteiger partial charge in [-0.15, -0.1) is 0 Å². The van der Waals surface area contributed by atoms with E-state index in [4.69, 9.17) is 12.2 Å². The van der Waals surface area contributed by atoms with Crippen molar-refractivity contribution in [3.05, 3.63) is 22.2 Å². The Balaban J connectivity index is 1.83. The molecular formula is C16H25N3S. The maximum Gasteiger partial charge on any atom is 0.129 e. The number of rotatable bonds is 3. The lowest BCUT2D eigenvalue weighted by atomic mass is 9.90. The van der Waals surface area contributed by atoms with Gasteiger partial charge in [0.25, 0.3) is 0 Å². The van der Waals surface area contributed by atoms with Crippen LogP contribution in [0.2, 0.25) is 0 Å². The number of H-pyrrole nitrogens is 1. The summed E-state index contributed by atoms with van der Waals surface area (Å²) in [6.45, 7) is 4.49. The van der Waals surface area contributed by atoms with Crippen LogP contribution in [-0.2, 0) is 6.42 Å². The molecule has 3 nitrogen and oxygen atoms in total. The molecule has 0 aromatic carbocycles. The van der Waals surface area contributed by atoms with E-state index in [1.165, 1.54) is 31.4 Å². The Morgan fingerprint density at radius 2 is 2.00 bits per heavy atom. The van der Waals surface area contributed by atoms with E-state index in [0.717, 1.165) is 29.0 Å². The van der Waals surface area contributed by atoms with Crippen molar-refractivity contribution in [2.45, 2.75) is 64.0 Å². The number of piperidine rings is 1. The van der Waals surface area contributed by atoms with Crippen molar-refractivity contribution in [3.8, 4) is 0 Å². The highest BCUT2D eigenvalue weighted by atomic mass is 32.1. The van der Waals surface area contributed by atoms with Gasteiger partial charge in [-0.05, 0) is 51.1 Å². The first kappa shape index (κ1) is 14.2. The minimum absolute atomic E-state index is 0.567.